The van der Waals surface area contributed by atoms with Crippen LogP contribution in [-0.2, 0) is 0 Å². The first kappa shape index (κ1) is 12.3. The minimum atomic E-state index is 0.172. The van der Waals surface area contributed by atoms with E-state index in [0.29, 0.717) is 5.92 Å². The van der Waals surface area contributed by atoms with Gasteiger partial charge in [0.2, 0.25) is 0 Å². The molecule has 2 saturated heterocycles. The molecule has 0 bridgehead atoms. The minimum absolute atomic E-state index is 0.172. The van der Waals surface area contributed by atoms with E-state index in [1.807, 2.05) is 6.92 Å². The summed E-state index contributed by atoms with van der Waals surface area (Å²) in [5.41, 5.74) is 0.201. The molecule has 3 unspecified atom stereocenters. The largest absolute Gasteiger partial charge is 0.338 e. The second-order valence-electron chi connectivity index (χ2n) is 6.05. The van der Waals surface area contributed by atoms with E-state index in [4.69, 9.17) is 0 Å². The number of nitrogens with zero attached hydrogens (tertiary/aromatic N) is 1. The lowest BCUT2D eigenvalue weighted by Crippen LogP contribution is -2.64. The van der Waals surface area contributed by atoms with Crippen molar-refractivity contribution in [3.8, 4) is 0 Å². The molecule has 3 fully saturated rings. The van der Waals surface area contributed by atoms with Crippen LogP contribution in [0, 0.1) is 11.8 Å². The first-order valence-electron chi connectivity index (χ1n) is 7.55. The Hall–Kier alpha value is -0.770. The monoisotopic (exact) mass is 251 g/mol. The lowest BCUT2D eigenvalue weighted by atomic mass is 9.59. The summed E-state index contributed by atoms with van der Waals surface area (Å²) in [7, 11) is 0. The van der Waals surface area contributed by atoms with Crippen LogP contribution < -0.4 is 10.6 Å². The molecule has 1 aliphatic carbocycles. The number of rotatable bonds is 2. The Morgan fingerprint density at radius 2 is 2.28 bits per heavy atom. The molecule has 3 atom stereocenters. The number of hydrogen-bond donors (Lipinski definition) is 2. The van der Waals surface area contributed by atoms with Crippen LogP contribution in [0.2, 0.25) is 0 Å². The predicted molar refractivity (Wildman–Crippen MR) is 71.4 cm³/mol. The van der Waals surface area contributed by atoms with Crippen molar-refractivity contribution in [2.45, 2.75) is 44.6 Å². The lowest BCUT2D eigenvalue weighted by molar-refractivity contribution is -0.0203. The van der Waals surface area contributed by atoms with Crippen molar-refractivity contribution >= 4 is 6.03 Å². The van der Waals surface area contributed by atoms with Gasteiger partial charge in [-0.2, -0.15) is 0 Å². The zero-order valence-corrected chi connectivity index (χ0v) is 11.4. The van der Waals surface area contributed by atoms with Gasteiger partial charge in [-0.05, 0) is 57.4 Å². The van der Waals surface area contributed by atoms with Gasteiger partial charge in [0.15, 0.2) is 0 Å². The van der Waals surface area contributed by atoms with E-state index >= 15 is 0 Å². The summed E-state index contributed by atoms with van der Waals surface area (Å²) in [5, 5.41) is 6.53. The number of nitrogens with one attached hydrogen (secondary N) is 2. The summed E-state index contributed by atoms with van der Waals surface area (Å²) in [6.45, 7) is 5.96. The number of amides is 2. The highest BCUT2D eigenvalue weighted by molar-refractivity contribution is 5.76. The maximum absolute atomic E-state index is 12.3. The van der Waals surface area contributed by atoms with E-state index in [1.54, 1.807) is 0 Å². The number of piperidine rings is 1. The van der Waals surface area contributed by atoms with Gasteiger partial charge < -0.3 is 15.5 Å². The van der Waals surface area contributed by atoms with Gasteiger partial charge in [-0.15, -0.1) is 0 Å². The van der Waals surface area contributed by atoms with Crippen molar-refractivity contribution in [3.05, 3.63) is 0 Å². The molecule has 2 N–H and O–H groups in total. The van der Waals surface area contributed by atoms with E-state index in [-0.39, 0.29) is 11.6 Å². The number of likely N-dealkylation sites (tertiary alicyclic amines) is 1. The van der Waals surface area contributed by atoms with Crippen LogP contribution in [0.4, 0.5) is 4.79 Å². The highest BCUT2D eigenvalue weighted by Gasteiger charge is 2.60. The van der Waals surface area contributed by atoms with Crippen LogP contribution in [0.1, 0.15) is 39.0 Å². The molecule has 3 aliphatic rings. The fourth-order valence-electron chi connectivity index (χ4n) is 4.46. The van der Waals surface area contributed by atoms with Crippen molar-refractivity contribution in [2.24, 2.45) is 11.8 Å². The fraction of sp³-hybridized carbons (Fsp3) is 0.929. The van der Waals surface area contributed by atoms with Crippen LogP contribution in [0.15, 0.2) is 0 Å². The second kappa shape index (κ2) is 4.72. The Morgan fingerprint density at radius 1 is 1.39 bits per heavy atom. The van der Waals surface area contributed by atoms with E-state index < -0.39 is 0 Å². The fourth-order valence-corrected chi connectivity index (χ4v) is 4.46. The molecule has 0 aromatic carbocycles. The maximum Gasteiger partial charge on any atom is 0.317 e. The van der Waals surface area contributed by atoms with Gasteiger partial charge in [-0.25, -0.2) is 4.79 Å². The third-order valence-corrected chi connectivity index (χ3v) is 5.38. The molecular weight excluding hydrogens is 226 g/mol. The predicted octanol–water partition coefficient (Wildman–Crippen LogP) is 1.57. The summed E-state index contributed by atoms with van der Waals surface area (Å²) < 4.78 is 0. The van der Waals surface area contributed by atoms with Gasteiger partial charge in [0.25, 0.3) is 0 Å². The maximum atomic E-state index is 12.3. The SMILES string of the molecule is CCNC(=O)N1CCC2CCC21C1CCCNC1. The second-order valence-corrected chi connectivity index (χ2v) is 6.05. The Kier molecular flexibility index (Phi) is 3.22. The number of carbonyl (C=O) groups is 1. The first-order chi connectivity index (χ1) is 8.79. The van der Waals surface area contributed by atoms with Gasteiger partial charge >= 0.3 is 6.03 Å². The highest BCUT2D eigenvalue weighted by atomic mass is 16.2. The number of hydrogen-bond acceptors (Lipinski definition) is 2. The molecule has 4 nitrogen and oxygen atoms in total. The highest BCUT2D eigenvalue weighted by Crippen LogP contribution is 2.55. The number of carbonyl (C=O) groups excluding carboxylic acids is 1. The Balaban J connectivity index is 1.79. The third kappa shape index (κ3) is 1.65. The van der Waals surface area contributed by atoms with E-state index in [1.165, 1.54) is 32.1 Å². The quantitative estimate of drug-likeness (QED) is 0.782. The third-order valence-electron chi connectivity index (χ3n) is 5.38. The number of fused-ring (bicyclic) bond motifs is 1. The molecule has 0 spiro atoms. The Labute approximate surface area is 109 Å². The molecule has 2 amide bonds. The lowest BCUT2D eigenvalue weighted by Gasteiger charge is -2.55. The minimum Gasteiger partial charge on any atom is -0.338 e. The van der Waals surface area contributed by atoms with Crippen LogP contribution in [0.25, 0.3) is 0 Å². The van der Waals surface area contributed by atoms with Gasteiger partial charge in [0, 0.05) is 19.6 Å². The number of urea groups is 1. The zero-order valence-electron chi connectivity index (χ0n) is 11.4. The molecule has 2 aliphatic heterocycles. The van der Waals surface area contributed by atoms with Crippen molar-refractivity contribution in [1.29, 1.82) is 0 Å². The smallest absolute Gasteiger partial charge is 0.317 e. The molecule has 18 heavy (non-hydrogen) atoms. The van der Waals surface area contributed by atoms with Crippen molar-refractivity contribution in [1.82, 2.24) is 15.5 Å². The average Bonchev–Trinajstić information content (AvgIpc) is 2.63. The average molecular weight is 251 g/mol. The van der Waals surface area contributed by atoms with Crippen molar-refractivity contribution < 1.29 is 4.79 Å². The summed E-state index contributed by atoms with van der Waals surface area (Å²) in [6.07, 6.45) is 6.32. The zero-order chi connectivity index (χ0) is 12.6. The summed E-state index contributed by atoms with van der Waals surface area (Å²) in [6, 6.07) is 0.172. The van der Waals surface area contributed by atoms with Crippen LogP contribution in [0.5, 0.6) is 0 Å². The summed E-state index contributed by atoms with van der Waals surface area (Å²) in [5.74, 6) is 1.44. The van der Waals surface area contributed by atoms with E-state index in [9.17, 15) is 4.79 Å². The Bertz CT molecular complexity index is 327. The molecule has 1 saturated carbocycles. The van der Waals surface area contributed by atoms with E-state index in [0.717, 1.165) is 32.1 Å². The molecule has 0 radical (unpaired) electrons. The molecule has 0 aromatic rings. The first-order valence-corrected chi connectivity index (χ1v) is 7.55. The normalized spacial score (nSPS) is 39.1. The van der Waals surface area contributed by atoms with Crippen LogP contribution in [-0.4, -0.2) is 42.6 Å². The van der Waals surface area contributed by atoms with Gasteiger partial charge in [-0.3, -0.25) is 0 Å². The molecule has 102 valence electrons. The van der Waals surface area contributed by atoms with Crippen molar-refractivity contribution in [2.75, 3.05) is 26.2 Å². The Morgan fingerprint density at radius 3 is 2.89 bits per heavy atom. The summed E-state index contributed by atoms with van der Waals surface area (Å²) >= 11 is 0. The molecule has 0 aromatic heterocycles. The van der Waals surface area contributed by atoms with Gasteiger partial charge in [-0.1, -0.05) is 0 Å². The van der Waals surface area contributed by atoms with Gasteiger partial charge in [0.05, 0.1) is 5.54 Å². The van der Waals surface area contributed by atoms with Crippen molar-refractivity contribution in [3.63, 3.8) is 0 Å². The van der Waals surface area contributed by atoms with Crippen LogP contribution >= 0.6 is 0 Å². The standard InChI is InChI=1S/C14H25N3O/c1-2-16-13(18)17-9-6-11-5-7-14(11,17)12-4-3-8-15-10-12/h11-12,15H,2-10H2,1H3,(H,16,18). The molecule has 3 rings (SSSR count). The molecule has 2 heterocycles. The summed E-state index contributed by atoms with van der Waals surface area (Å²) in [4.78, 5) is 14.5. The molecular formula is C14H25N3O. The topological polar surface area (TPSA) is 44.4 Å². The van der Waals surface area contributed by atoms with E-state index in [2.05, 4.69) is 15.5 Å². The van der Waals surface area contributed by atoms with Gasteiger partial charge in [0.1, 0.15) is 0 Å². The van der Waals surface area contributed by atoms with Crippen LogP contribution in [0.3, 0.4) is 0 Å². The molecule has 4 heteroatoms.